The lowest BCUT2D eigenvalue weighted by Gasteiger charge is -2.32. The summed E-state index contributed by atoms with van der Waals surface area (Å²) in [5, 5.41) is 17.3. The zero-order valence-corrected chi connectivity index (χ0v) is 35.4. The van der Waals surface area contributed by atoms with Crippen LogP contribution in [0.4, 0.5) is 4.79 Å². The Morgan fingerprint density at radius 1 is 0.772 bits per heavy atom. The van der Waals surface area contributed by atoms with Crippen molar-refractivity contribution in [1.82, 2.24) is 26.6 Å². The number of hydrogen-bond acceptors (Lipinski definition) is 10. The van der Waals surface area contributed by atoms with Gasteiger partial charge in [0.05, 0.1) is 7.11 Å². The minimum Gasteiger partial charge on any atom is -0.467 e. The molecule has 1 aliphatic carbocycles. The van der Waals surface area contributed by atoms with Gasteiger partial charge in [-0.15, -0.1) is 0 Å². The number of benzene rings is 2. The van der Waals surface area contributed by atoms with Crippen molar-refractivity contribution in [2.75, 3.05) is 27.2 Å². The number of carbonyl (C=O) groups excluding carboxylic acids is 5. The first kappa shape index (κ1) is 46.7. The molecule has 1 fully saturated rings. The molecule has 5 N–H and O–H groups in total. The van der Waals surface area contributed by atoms with Gasteiger partial charge in [-0.05, 0) is 135 Å². The number of carbonyl (C=O) groups is 5. The van der Waals surface area contributed by atoms with Crippen LogP contribution in [0.5, 0.6) is 0 Å². The fraction of sp³-hybridized carbons (Fsp3) is 0.614. The zero-order chi connectivity index (χ0) is 42.2. The maximum atomic E-state index is 13.7. The van der Waals surface area contributed by atoms with Gasteiger partial charge in [0.1, 0.15) is 29.3 Å². The number of urea groups is 1. The number of methoxy groups -OCH3 is 1. The third-order valence-corrected chi connectivity index (χ3v) is 9.83. The molecular formula is C44H67N5O8. The van der Waals surface area contributed by atoms with Gasteiger partial charge in [-0.2, -0.15) is 0 Å². The largest absolute Gasteiger partial charge is 0.467 e. The van der Waals surface area contributed by atoms with E-state index in [-0.39, 0.29) is 25.2 Å². The summed E-state index contributed by atoms with van der Waals surface area (Å²) < 4.78 is 15.8. The second kappa shape index (κ2) is 22.3. The van der Waals surface area contributed by atoms with Crippen molar-refractivity contribution in [3.63, 3.8) is 0 Å². The molecule has 0 spiro atoms. The van der Waals surface area contributed by atoms with Crippen LogP contribution < -0.4 is 26.6 Å². The van der Waals surface area contributed by atoms with Crippen molar-refractivity contribution < 1.29 is 38.2 Å². The first-order valence-corrected chi connectivity index (χ1v) is 20.3. The smallest absolute Gasteiger partial charge is 0.329 e. The van der Waals surface area contributed by atoms with Crippen LogP contribution in [0.25, 0.3) is 10.8 Å². The summed E-state index contributed by atoms with van der Waals surface area (Å²) in [4.78, 5) is 64.9. The van der Waals surface area contributed by atoms with E-state index in [1.54, 1.807) is 41.5 Å². The monoisotopic (exact) mass is 793 g/mol. The van der Waals surface area contributed by atoms with Gasteiger partial charge in [0.25, 0.3) is 0 Å². The van der Waals surface area contributed by atoms with Crippen LogP contribution in [0.3, 0.4) is 0 Å². The number of rotatable bonds is 20. The maximum absolute atomic E-state index is 13.7. The predicted octanol–water partition coefficient (Wildman–Crippen LogP) is 5.84. The fourth-order valence-electron chi connectivity index (χ4n) is 6.99. The lowest BCUT2D eigenvalue weighted by molar-refractivity contribution is -0.158. The molecular weight excluding hydrogens is 727 g/mol. The van der Waals surface area contributed by atoms with Gasteiger partial charge in [-0.25, -0.2) is 14.4 Å². The van der Waals surface area contributed by atoms with Crippen molar-refractivity contribution in [3.8, 4) is 0 Å². The third kappa shape index (κ3) is 17.2. The summed E-state index contributed by atoms with van der Waals surface area (Å²) in [6.07, 6.45) is 5.79. The van der Waals surface area contributed by atoms with Gasteiger partial charge >= 0.3 is 23.9 Å². The number of hydrogen-bond donors (Lipinski definition) is 5. The Kier molecular flexibility index (Phi) is 18.3. The highest BCUT2D eigenvalue weighted by atomic mass is 16.6. The molecule has 0 aromatic heterocycles. The number of unbranched alkanes of at least 4 members (excludes halogenated alkanes) is 1. The minimum absolute atomic E-state index is 0.0678. The molecule has 3 rings (SSSR count). The summed E-state index contributed by atoms with van der Waals surface area (Å²) in [7, 11) is 3.21. The van der Waals surface area contributed by atoms with Crippen LogP contribution in [0.15, 0.2) is 54.7 Å². The van der Waals surface area contributed by atoms with Gasteiger partial charge in [-0.1, -0.05) is 49.0 Å². The molecule has 3 amide bonds. The molecule has 13 nitrogen and oxygen atoms in total. The standard InChI is InChI=1S/C44H67N5O8/c1-29(32-20-17-30(18-21-32)28-45-8)47-37(27-31-19-22-33-14-10-11-15-34(33)26-31)39(51)46-25-13-12-16-35(40(52)55-9)48-42(54)49-36(41(53)57-44(5,6)7)23-24-38(50)56-43(2,3)4/h10-11,14-15,19,22,26,30,32,35-37,45,47H,1,12-13,16-18,20-21,23-25,27-28H2,2-9H3,(H,46,51)(H2,48,49,54). The first-order chi connectivity index (χ1) is 26.9. The van der Waals surface area contributed by atoms with Crippen molar-refractivity contribution in [2.24, 2.45) is 11.8 Å². The summed E-state index contributed by atoms with van der Waals surface area (Å²) in [6.45, 7) is 16.0. The molecule has 1 aliphatic rings. The van der Waals surface area contributed by atoms with E-state index in [2.05, 4.69) is 63.5 Å². The summed E-state index contributed by atoms with van der Waals surface area (Å²) in [5.74, 6) is -1.09. The number of nitrogens with one attached hydrogen (secondary N) is 5. The Morgan fingerprint density at radius 3 is 2.02 bits per heavy atom. The lowest BCUT2D eigenvalue weighted by atomic mass is 9.80. The van der Waals surface area contributed by atoms with Crippen LogP contribution in [-0.2, 0) is 39.8 Å². The quantitative estimate of drug-likeness (QED) is 0.0623. The second-order valence-electron chi connectivity index (χ2n) is 17.1. The Labute approximate surface area is 339 Å². The van der Waals surface area contributed by atoms with E-state index in [9.17, 15) is 24.0 Å². The molecule has 2 aromatic rings. The molecule has 0 heterocycles. The SMILES string of the molecule is C=C(NC(Cc1ccc2ccccc2c1)C(=O)NCCCCC(NC(=O)NC(CCC(=O)OC(C)(C)C)C(=O)OC(C)(C)C)C(=O)OC)C1CCC(CNC)CC1. The average molecular weight is 794 g/mol. The molecule has 57 heavy (non-hydrogen) atoms. The van der Waals surface area contributed by atoms with Crippen molar-refractivity contribution in [1.29, 1.82) is 0 Å². The Balaban J connectivity index is 1.59. The van der Waals surface area contributed by atoms with Gasteiger partial charge in [-0.3, -0.25) is 9.59 Å². The van der Waals surface area contributed by atoms with Gasteiger partial charge in [0, 0.05) is 25.1 Å². The van der Waals surface area contributed by atoms with E-state index in [1.165, 1.54) is 7.11 Å². The highest BCUT2D eigenvalue weighted by molar-refractivity contribution is 5.88. The highest BCUT2D eigenvalue weighted by Crippen LogP contribution is 2.32. The van der Waals surface area contributed by atoms with Crippen molar-refractivity contribution in [3.05, 3.63) is 60.3 Å². The van der Waals surface area contributed by atoms with E-state index in [0.717, 1.165) is 54.3 Å². The van der Waals surface area contributed by atoms with Crippen LogP contribution in [-0.4, -0.2) is 86.4 Å². The Morgan fingerprint density at radius 2 is 1.40 bits per heavy atom. The van der Waals surface area contributed by atoms with Crippen LogP contribution in [0.1, 0.15) is 105 Å². The number of amides is 3. The number of fused-ring (bicyclic) bond motifs is 1. The van der Waals surface area contributed by atoms with Gasteiger partial charge in [0.2, 0.25) is 5.91 Å². The lowest BCUT2D eigenvalue weighted by Crippen LogP contribution is -2.52. The molecule has 0 radical (unpaired) electrons. The van der Waals surface area contributed by atoms with E-state index < -0.39 is 53.3 Å². The summed E-state index contributed by atoms with van der Waals surface area (Å²) in [5.41, 5.74) is 0.380. The molecule has 3 unspecified atom stereocenters. The number of esters is 3. The zero-order valence-electron chi connectivity index (χ0n) is 35.4. The Hall–Kier alpha value is -4.65. The minimum atomic E-state index is -1.18. The molecule has 0 aliphatic heterocycles. The van der Waals surface area contributed by atoms with Crippen LogP contribution >= 0.6 is 0 Å². The van der Waals surface area contributed by atoms with Gasteiger partial charge in [0.15, 0.2) is 0 Å². The summed E-state index contributed by atoms with van der Waals surface area (Å²) >= 11 is 0. The highest BCUT2D eigenvalue weighted by Gasteiger charge is 2.31. The average Bonchev–Trinajstić information content (AvgIpc) is 3.14. The molecule has 0 saturated heterocycles. The van der Waals surface area contributed by atoms with Crippen molar-refractivity contribution >= 4 is 40.6 Å². The normalized spacial score (nSPS) is 17.3. The van der Waals surface area contributed by atoms with E-state index in [0.29, 0.717) is 37.6 Å². The molecule has 13 heteroatoms. The second-order valence-corrected chi connectivity index (χ2v) is 17.1. The molecule has 1 saturated carbocycles. The molecule has 3 atom stereocenters. The molecule has 2 aromatic carbocycles. The van der Waals surface area contributed by atoms with E-state index >= 15 is 0 Å². The predicted molar refractivity (Wildman–Crippen MR) is 222 cm³/mol. The van der Waals surface area contributed by atoms with E-state index in [4.69, 9.17) is 14.2 Å². The Bertz CT molecular complexity index is 1660. The van der Waals surface area contributed by atoms with Crippen LogP contribution in [0.2, 0.25) is 0 Å². The molecule has 316 valence electrons. The first-order valence-electron chi connectivity index (χ1n) is 20.3. The number of ether oxygens (including phenoxy) is 3. The van der Waals surface area contributed by atoms with Crippen molar-refractivity contribution in [2.45, 2.75) is 135 Å². The third-order valence-electron chi connectivity index (χ3n) is 9.83. The maximum Gasteiger partial charge on any atom is 0.329 e. The van der Waals surface area contributed by atoms with Crippen LogP contribution in [0, 0.1) is 11.8 Å². The number of allylic oxidation sites excluding steroid dienone is 1. The van der Waals surface area contributed by atoms with E-state index in [1.807, 2.05) is 19.2 Å². The molecule has 0 bridgehead atoms. The topological polar surface area (TPSA) is 173 Å². The summed E-state index contributed by atoms with van der Waals surface area (Å²) in [6, 6.07) is 10.9. The fourth-order valence-corrected chi connectivity index (χ4v) is 6.99. The van der Waals surface area contributed by atoms with Gasteiger partial charge < -0.3 is 40.8 Å².